The standard InChI is InChI=1S/C18H13ClFNO2/c19-16-6-3-7-17(20)15(16)11-23-18-9-8-12-4-1-2-5-13(12)14(18)10-21-22/h1-10,22H,11H2/b21-10+. The maximum absolute atomic E-state index is 13.8. The summed E-state index contributed by atoms with van der Waals surface area (Å²) in [4.78, 5) is 0. The van der Waals surface area contributed by atoms with Gasteiger partial charge in [0.25, 0.3) is 0 Å². The first-order valence-electron chi connectivity index (χ1n) is 6.95. The summed E-state index contributed by atoms with van der Waals surface area (Å²) in [6.45, 7) is -0.0177. The first-order valence-corrected chi connectivity index (χ1v) is 7.33. The third-order valence-electron chi connectivity index (χ3n) is 3.55. The average molecular weight is 330 g/mol. The highest BCUT2D eigenvalue weighted by Gasteiger charge is 2.11. The van der Waals surface area contributed by atoms with Crippen LogP contribution in [0.1, 0.15) is 11.1 Å². The molecule has 0 aliphatic rings. The highest BCUT2D eigenvalue weighted by atomic mass is 35.5. The van der Waals surface area contributed by atoms with E-state index in [-0.39, 0.29) is 12.2 Å². The predicted octanol–water partition coefficient (Wildman–Crippen LogP) is 5.02. The second kappa shape index (κ2) is 6.67. The van der Waals surface area contributed by atoms with Crippen LogP contribution in [0.3, 0.4) is 0 Å². The smallest absolute Gasteiger partial charge is 0.131 e. The van der Waals surface area contributed by atoms with E-state index in [1.54, 1.807) is 18.2 Å². The number of hydrogen-bond donors (Lipinski definition) is 1. The zero-order chi connectivity index (χ0) is 16.2. The van der Waals surface area contributed by atoms with Gasteiger partial charge < -0.3 is 9.94 Å². The quantitative estimate of drug-likeness (QED) is 0.415. The molecule has 5 heteroatoms. The van der Waals surface area contributed by atoms with Gasteiger partial charge in [-0.25, -0.2) is 4.39 Å². The molecule has 0 aliphatic carbocycles. The summed E-state index contributed by atoms with van der Waals surface area (Å²) in [5.74, 6) is 0.0662. The molecule has 1 N–H and O–H groups in total. The lowest BCUT2D eigenvalue weighted by Gasteiger charge is -2.12. The third-order valence-corrected chi connectivity index (χ3v) is 3.91. The fraction of sp³-hybridized carbons (Fsp3) is 0.0556. The largest absolute Gasteiger partial charge is 0.488 e. The molecule has 0 bridgehead atoms. The Morgan fingerprint density at radius 3 is 2.70 bits per heavy atom. The van der Waals surface area contributed by atoms with Crippen molar-refractivity contribution < 1.29 is 14.3 Å². The van der Waals surface area contributed by atoms with Gasteiger partial charge >= 0.3 is 0 Å². The van der Waals surface area contributed by atoms with Crippen LogP contribution in [0.4, 0.5) is 4.39 Å². The van der Waals surface area contributed by atoms with Crippen molar-refractivity contribution in [3.63, 3.8) is 0 Å². The molecule has 0 aliphatic heterocycles. The van der Waals surface area contributed by atoms with Crippen molar-refractivity contribution in [3.05, 3.63) is 76.6 Å². The van der Waals surface area contributed by atoms with E-state index in [0.717, 1.165) is 10.8 Å². The van der Waals surface area contributed by atoms with E-state index in [1.165, 1.54) is 12.3 Å². The van der Waals surface area contributed by atoms with E-state index in [4.69, 9.17) is 21.5 Å². The molecule has 0 spiro atoms. The van der Waals surface area contributed by atoms with Crippen LogP contribution in [0.5, 0.6) is 5.75 Å². The van der Waals surface area contributed by atoms with Crippen molar-refractivity contribution in [3.8, 4) is 5.75 Å². The van der Waals surface area contributed by atoms with E-state index in [1.807, 2.05) is 30.3 Å². The maximum atomic E-state index is 13.8. The van der Waals surface area contributed by atoms with Crippen LogP contribution in [0.15, 0.2) is 59.8 Å². The molecule has 0 saturated heterocycles. The lowest BCUT2D eigenvalue weighted by Crippen LogP contribution is -2.02. The number of benzene rings is 3. The Bertz CT molecular complexity index is 860. The van der Waals surface area contributed by atoms with Crippen LogP contribution in [-0.4, -0.2) is 11.4 Å². The van der Waals surface area contributed by atoms with E-state index < -0.39 is 5.82 Å². The van der Waals surface area contributed by atoms with Gasteiger partial charge in [0.05, 0.1) is 11.2 Å². The molecule has 0 radical (unpaired) electrons. The van der Waals surface area contributed by atoms with E-state index >= 15 is 0 Å². The molecule has 23 heavy (non-hydrogen) atoms. The Labute approximate surface area is 137 Å². The fourth-order valence-corrected chi connectivity index (χ4v) is 2.63. The maximum Gasteiger partial charge on any atom is 0.131 e. The van der Waals surface area contributed by atoms with Crippen LogP contribution in [0.25, 0.3) is 10.8 Å². The minimum atomic E-state index is -0.421. The number of nitrogens with zero attached hydrogens (tertiary/aromatic N) is 1. The van der Waals surface area contributed by atoms with E-state index in [0.29, 0.717) is 16.3 Å². The van der Waals surface area contributed by atoms with Crippen molar-refractivity contribution in [1.29, 1.82) is 0 Å². The topological polar surface area (TPSA) is 41.8 Å². The molecule has 0 amide bonds. The van der Waals surface area contributed by atoms with Gasteiger partial charge in [0, 0.05) is 11.1 Å². The van der Waals surface area contributed by atoms with E-state index in [9.17, 15) is 4.39 Å². The SMILES string of the molecule is O/N=C/c1c(OCc2c(F)cccc2Cl)ccc2ccccc12. The number of halogens is 2. The molecule has 3 aromatic rings. The summed E-state index contributed by atoms with van der Waals surface area (Å²) in [7, 11) is 0. The molecule has 0 fully saturated rings. The number of rotatable bonds is 4. The van der Waals surface area contributed by atoms with Gasteiger partial charge in [-0.1, -0.05) is 53.2 Å². The van der Waals surface area contributed by atoms with Crippen LogP contribution >= 0.6 is 11.6 Å². The molecule has 116 valence electrons. The van der Waals surface area contributed by atoms with Crippen LogP contribution in [0.2, 0.25) is 5.02 Å². The zero-order valence-corrected chi connectivity index (χ0v) is 12.8. The molecule has 0 heterocycles. The second-order valence-electron chi connectivity index (χ2n) is 4.93. The molecular weight excluding hydrogens is 317 g/mol. The lowest BCUT2D eigenvalue weighted by atomic mass is 10.0. The summed E-state index contributed by atoms with van der Waals surface area (Å²) in [6.07, 6.45) is 1.31. The van der Waals surface area contributed by atoms with Crippen LogP contribution in [0, 0.1) is 5.82 Å². The molecular formula is C18H13ClFNO2. The summed E-state index contributed by atoms with van der Waals surface area (Å²) >= 11 is 6.01. The van der Waals surface area contributed by atoms with Gasteiger partial charge in [0.2, 0.25) is 0 Å². The Morgan fingerprint density at radius 2 is 1.91 bits per heavy atom. The summed E-state index contributed by atoms with van der Waals surface area (Å²) in [6, 6.07) is 15.8. The van der Waals surface area contributed by atoms with Crippen LogP contribution in [-0.2, 0) is 6.61 Å². The molecule has 3 aromatic carbocycles. The van der Waals surface area contributed by atoms with Gasteiger partial charge in [0.15, 0.2) is 0 Å². The van der Waals surface area contributed by atoms with Gasteiger partial charge in [0.1, 0.15) is 18.2 Å². The minimum absolute atomic E-state index is 0.0177. The second-order valence-corrected chi connectivity index (χ2v) is 5.34. The molecule has 0 atom stereocenters. The van der Waals surface area contributed by atoms with Gasteiger partial charge in [-0.15, -0.1) is 0 Å². The van der Waals surface area contributed by atoms with Crippen molar-refractivity contribution >= 4 is 28.6 Å². The molecule has 3 nitrogen and oxygen atoms in total. The van der Waals surface area contributed by atoms with Crippen molar-refractivity contribution in [2.24, 2.45) is 5.16 Å². The summed E-state index contributed by atoms with van der Waals surface area (Å²) in [5, 5.41) is 14.2. The summed E-state index contributed by atoms with van der Waals surface area (Å²) < 4.78 is 19.5. The van der Waals surface area contributed by atoms with Gasteiger partial charge in [-0.2, -0.15) is 0 Å². The molecule has 0 aromatic heterocycles. The number of oxime groups is 1. The number of fused-ring (bicyclic) bond motifs is 1. The third kappa shape index (κ3) is 3.12. The highest BCUT2D eigenvalue weighted by Crippen LogP contribution is 2.28. The predicted molar refractivity (Wildman–Crippen MR) is 89.1 cm³/mol. The highest BCUT2D eigenvalue weighted by molar-refractivity contribution is 6.31. The molecule has 3 rings (SSSR count). The lowest BCUT2D eigenvalue weighted by molar-refractivity contribution is 0.299. The van der Waals surface area contributed by atoms with E-state index in [2.05, 4.69) is 5.16 Å². The summed E-state index contributed by atoms with van der Waals surface area (Å²) in [5.41, 5.74) is 0.910. The fourth-order valence-electron chi connectivity index (χ4n) is 2.41. The Morgan fingerprint density at radius 1 is 1.09 bits per heavy atom. The van der Waals surface area contributed by atoms with Crippen molar-refractivity contribution in [2.75, 3.05) is 0 Å². The number of ether oxygens (including phenoxy) is 1. The zero-order valence-electron chi connectivity index (χ0n) is 12.0. The first kappa shape index (κ1) is 15.3. The van der Waals surface area contributed by atoms with Crippen molar-refractivity contribution in [2.45, 2.75) is 6.61 Å². The first-order chi connectivity index (χ1) is 11.2. The Hall–Kier alpha value is -2.59. The number of hydrogen-bond acceptors (Lipinski definition) is 3. The minimum Gasteiger partial charge on any atom is -0.488 e. The van der Waals surface area contributed by atoms with Gasteiger partial charge in [-0.3, -0.25) is 0 Å². The van der Waals surface area contributed by atoms with Crippen molar-refractivity contribution in [1.82, 2.24) is 0 Å². The monoisotopic (exact) mass is 329 g/mol. The molecule has 0 unspecified atom stereocenters. The Kier molecular flexibility index (Phi) is 4.44. The normalized spacial score (nSPS) is 11.2. The Balaban J connectivity index is 1.98. The molecule has 0 saturated carbocycles. The van der Waals surface area contributed by atoms with Gasteiger partial charge in [-0.05, 0) is 29.0 Å². The average Bonchev–Trinajstić information content (AvgIpc) is 2.56. The van der Waals surface area contributed by atoms with Crippen LogP contribution < -0.4 is 4.74 Å².